The van der Waals surface area contributed by atoms with E-state index < -0.39 is 0 Å². The van der Waals surface area contributed by atoms with E-state index in [0.29, 0.717) is 5.41 Å². The molecule has 262 valence electrons. The van der Waals surface area contributed by atoms with E-state index in [2.05, 4.69) is 27.7 Å². The molecule has 0 heteroatoms. The predicted molar refractivity (Wildman–Crippen MR) is 199 cm³/mol. The van der Waals surface area contributed by atoms with Crippen LogP contribution < -0.4 is 0 Å². The second-order valence-corrected chi connectivity index (χ2v) is 19.0. The fourth-order valence-electron chi connectivity index (χ4n) is 13.2. The van der Waals surface area contributed by atoms with Crippen LogP contribution in [0, 0.1) is 64.6 Å². The van der Waals surface area contributed by atoms with E-state index in [0.717, 1.165) is 59.2 Å². The monoisotopic (exact) mass is 623 g/mol. The lowest BCUT2D eigenvalue weighted by atomic mass is 9.67. The third kappa shape index (κ3) is 10.5. The van der Waals surface area contributed by atoms with Gasteiger partial charge in [-0.1, -0.05) is 175 Å². The van der Waals surface area contributed by atoms with E-state index >= 15 is 0 Å². The standard InChI is InChI=1S/C22H38.C14H26.C9H18/c1-22(2)12-5-3-4-7-19-14-20(15-21(19)22)18-11-10-16-8-6-9-17(16)13-18;1-2-12-8-4-3-5-9-13-10-6-7-11-14(12)13;1-2-6-9-7-4-3-5-8-9/h16-21H,3-15H2,1-2H3;12-14H,2-11H2,1H3;9H,2-8H2,1H3. The largest absolute Gasteiger partial charge is 0.0654 e. The molecule has 0 aromatic carbocycles. The smallest absolute Gasteiger partial charge is 0.0323 e. The molecule has 0 aromatic rings. The van der Waals surface area contributed by atoms with Crippen LogP contribution in [0.25, 0.3) is 0 Å². The van der Waals surface area contributed by atoms with Crippen molar-refractivity contribution >= 4 is 0 Å². The van der Waals surface area contributed by atoms with Gasteiger partial charge < -0.3 is 0 Å². The first-order valence-electron chi connectivity index (χ1n) is 22.0. The Morgan fingerprint density at radius 1 is 0.444 bits per heavy atom. The molecule has 0 N–H and O–H groups in total. The fourth-order valence-corrected chi connectivity index (χ4v) is 13.2. The molecule has 7 saturated carbocycles. The SMILES string of the molecule is CC1(C)CCCCCC2CC(C3CCC4CCCC4C3)CC21.CCC1CCCCCC2CCCCC12.CCCC1CCCCC1. The molecule has 0 bridgehead atoms. The third-order valence-corrected chi connectivity index (χ3v) is 15.8. The molecular weight excluding hydrogens is 540 g/mol. The highest BCUT2D eigenvalue weighted by Gasteiger charge is 2.46. The Bertz CT molecular complexity index is 777. The first kappa shape index (κ1) is 36.3. The van der Waals surface area contributed by atoms with Crippen LogP contribution in [-0.4, -0.2) is 0 Å². The normalized spacial score (nSPS) is 40.4. The van der Waals surface area contributed by atoms with Gasteiger partial charge in [-0.3, -0.25) is 0 Å². The highest BCUT2D eigenvalue weighted by Crippen LogP contribution is 2.56. The van der Waals surface area contributed by atoms with Gasteiger partial charge in [0.15, 0.2) is 0 Å². The third-order valence-electron chi connectivity index (χ3n) is 15.8. The number of hydrogen-bond acceptors (Lipinski definition) is 0. The Labute approximate surface area is 284 Å². The van der Waals surface area contributed by atoms with Gasteiger partial charge in [0.1, 0.15) is 0 Å². The van der Waals surface area contributed by atoms with Gasteiger partial charge in [0, 0.05) is 0 Å². The van der Waals surface area contributed by atoms with Crippen molar-refractivity contribution in [3.63, 3.8) is 0 Å². The summed E-state index contributed by atoms with van der Waals surface area (Å²) < 4.78 is 0. The Morgan fingerprint density at radius 2 is 1.00 bits per heavy atom. The average molecular weight is 623 g/mol. The van der Waals surface area contributed by atoms with Gasteiger partial charge >= 0.3 is 0 Å². The van der Waals surface area contributed by atoms with Crippen molar-refractivity contribution < 1.29 is 0 Å². The molecule has 7 fully saturated rings. The van der Waals surface area contributed by atoms with Gasteiger partial charge in [0.05, 0.1) is 0 Å². The molecule has 0 spiro atoms. The number of hydrogen-bond donors (Lipinski definition) is 0. The lowest BCUT2D eigenvalue weighted by Gasteiger charge is -2.38. The summed E-state index contributed by atoms with van der Waals surface area (Å²) in [6.07, 6.45) is 46.0. The molecule has 0 aliphatic heterocycles. The molecule has 9 atom stereocenters. The Hall–Kier alpha value is 0. The molecule has 0 saturated heterocycles. The Morgan fingerprint density at radius 3 is 1.76 bits per heavy atom. The summed E-state index contributed by atoms with van der Waals surface area (Å²) in [5, 5.41) is 0. The van der Waals surface area contributed by atoms with Gasteiger partial charge in [-0.15, -0.1) is 0 Å². The van der Waals surface area contributed by atoms with Crippen LogP contribution >= 0.6 is 0 Å². The van der Waals surface area contributed by atoms with E-state index in [4.69, 9.17) is 0 Å². The zero-order valence-electron chi connectivity index (χ0n) is 31.5. The first-order valence-corrected chi connectivity index (χ1v) is 22.0. The topological polar surface area (TPSA) is 0 Å². The molecule has 9 unspecified atom stereocenters. The summed E-state index contributed by atoms with van der Waals surface area (Å²) in [6, 6.07) is 0. The Kier molecular flexibility index (Phi) is 15.1. The summed E-state index contributed by atoms with van der Waals surface area (Å²) in [6.45, 7) is 9.92. The van der Waals surface area contributed by atoms with Crippen LogP contribution in [-0.2, 0) is 0 Å². The average Bonchev–Trinajstić information content (AvgIpc) is 3.70. The minimum Gasteiger partial charge on any atom is -0.0654 e. The van der Waals surface area contributed by atoms with Crippen LogP contribution in [0.3, 0.4) is 0 Å². The molecule has 7 aliphatic rings. The number of fused-ring (bicyclic) bond motifs is 3. The maximum atomic E-state index is 2.60. The van der Waals surface area contributed by atoms with Crippen molar-refractivity contribution in [1.29, 1.82) is 0 Å². The minimum atomic E-state index is 0.629. The molecule has 0 amide bonds. The fraction of sp³-hybridized carbons (Fsp3) is 1.00. The predicted octanol–water partition coefficient (Wildman–Crippen LogP) is 15.0. The zero-order chi connectivity index (χ0) is 31.5. The van der Waals surface area contributed by atoms with E-state index in [1.54, 1.807) is 77.0 Å². The lowest BCUT2D eigenvalue weighted by Crippen LogP contribution is -2.29. The molecule has 0 heterocycles. The number of rotatable bonds is 4. The lowest BCUT2D eigenvalue weighted by molar-refractivity contribution is 0.118. The quantitative estimate of drug-likeness (QED) is 0.292. The summed E-state index contributed by atoms with van der Waals surface area (Å²) in [5.41, 5.74) is 0.629. The summed E-state index contributed by atoms with van der Waals surface area (Å²) >= 11 is 0. The van der Waals surface area contributed by atoms with E-state index in [1.807, 2.05) is 0 Å². The second kappa shape index (κ2) is 18.7. The van der Waals surface area contributed by atoms with Gasteiger partial charge in [0.25, 0.3) is 0 Å². The maximum Gasteiger partial charge on any atom is -0.0323 e. The molecule has 0 aromatic heterocycles. The molecular formula is C45H82. The molecule has 7 rings (SSSR count). The van der Waals surface area contributed by atoms with Crippen LogP contribution in [0.2, 0.25) is 0 Å². The molecule has 7 aliphatic carbocycles. The minimum absolute atomic E-state index is 0.629. The summed E-state index contributed by atoms with van der Waals surface area (Å²) in [5.74, 6) is 11.1. The maximum absolute atomic E-state index is 2.60. The van der Waals surface area contributed by atoms with E-state index in [9.17, 15) is 0 Å². The van der Waals surface area contributed by atoms with Crippen molar-refractivity contribution in [2.75, 3.05) is 0 Å². The van der Waals surface area contributed by atoms with Gasteiger partial charge in [-0.2, -0.15) is 0 Å². The van der Waals surface area contributed by atoms with E-state index in [1.165, 1.54) is 116 Å². The van der Waals surface area contributed by atoms with Crippen molar-refractivity contribution in [3.05, 3.63) is 0 Å². The first-order chi connectivity index (χ1) is 22.0. The van der Waals surface area contributed by atoms with Crippen LogP contribution in [0.1, 0.15) is 220 Å². The van der Waals surface area contributed by atoms with Crippen LogP contribution in [0.4, 0.5) is 0 Å². The van der Waals surface area contributed by atoms with Crippen molar-refractivity contribution in [1.82, 2.24) is 0 Å². The van der Waals surface area contributed by atoms with E-state index in [-0.39, 0.29) is 0 Å². The van der Waals surface area contributed by atoms with Crippen molar-refractivity contribution in [2.24, 2.45) is 64.6 Å². The second-order valence-electron chi connectivity index (χ2n) is 19.0. The van der Waals surface area contributed by atoms with Crippen molar-refractivity contribution in [2.45, 2.75) is 220 Å². The summed E-state index contributed by atoms with van der Waals surface area (Å²) in [7, 11) is 0. The highest BCUT2D eigenvalue weighted by atomic mass is 14.5. The Balaban J connectivity index is 0.000000149. The molecule has 45 heavy (non-hydrogen) atoms. The van der Waals surface area contributed by atoms with Gasteiger partial charge in [0.2, 0.25) is 0 Å². The zero-order valence-corrected chi connectivity index (χ0v) is 31.5. The molecule has 0 nitrogen and oxygen atoms in total. The molecule has 0 radical (unpaired) electrons. The van der Waals surface area contributed by atoms with Crippen molar-refractivity contribution in [3.8, 4) is 0 Å². The van der Waals surface area contributed by atoms with Gasteiger partial charge in [-0.05, 0) is 110 Å². The highest BCUT2D eigenvalue weighted by molar-refractivity contribution is 4.97. The van der Waals surface area contributed by atoms with Crippen LogP contribution in [0.5, 0.6) is 0 Å². The summed E-state index contributed by atoms with van der Waals surface area (Å²) in [4.78, 5) is 0. The van der Waals surface area contributed by atoms with Crippen LogP contribution in [0.15, 0.2) is 0 Å². The van der Waals surface area contributed by atoms with Gasteiger partial charge in [-0.25, -0.2) is 0 Å².